The van der Waals surface area contributed by atoms with Crippen molar-refractivity contribution in [1.29, 1.82) is 0 Å². The molecule has 1 fully saturated rings. The van der Waals surface area contributed by atoms with Gasteiger partial charge in [0.05, 0.1) is 18.1 Å². The molecule has 0 aliphatic carbocycles. The van der Waals surface area contributed by atoms with Gasteiger partial charge in [-0.1, -0.05) is 0 Å². The number of hydrogen-bond acceptors (Lipinski definition) is 5. The van der Waals surface area contributed by atoms with Crippen molar-refractivity contribution in [2.24, 2.45) is 0 Å². The number of benzene rings is 1. The number of non-ortho nitro benzene ring substituents is 1. The summed E-state index contributed by atoms with van der Waals surface area (Å²) in [5, 5.41) is 13.4. The number of nitrogens with one attached hydrogen (secondary N) is 1. The second-order valence-electron chi connectivity index (χ2n) is 5.28. The molecule has 1 aromatic rings. The van der Waals surface area contributed by atoms with Gasteiger partial charge in [0, 0.05) is 37.8 Å². The largest absolute Gasteiger partial charge is 0.379 e. The van der Waals surface area contributed by atoms with Gasteiger partial charge in [-0.2, -0.15) is 0 Å². The van der Waals surface area contributed by atoms with Crippen LogP contribution in [0.15, 0.2) is 30.3 Å². The van der Waals surface area contributed by atoms with Crippen molar-refractivity contribution >= 4 is 17.7 Å². The zero-order valence-electron chi connectivity index (χ0n) is 12.9. The molecule has 2 rings (SSSR count). The maximum absolute atomic E-state index is 11.7. The molecule has 0 radical (unpaired) electrons. The Balaban J connectivity index is 1.66. The highest BCUT2D eigenvalue weighted by molar-refractivity contribution is 5.91. The fourth-order valence-electron chi connectivity index (χ4n) is 2.28. The van der Waals surface area contributed by atoms with Gasteiger partial charge in [-0.25, -0.2) is 0 Å². The third-order valence-electron chi connectivity index (χ3n) is 3.59. The van der Waals surface area contributed by atoms with Crippen LogP contribution in [0.25, 0.3) is 6.08 Å². The fourth-order valence-corrected chi connectivity index (χ4v) is 2.28. The van der Waals surface area contributed by atoms with Gasteiger partial charge in [-0.05, 0) is 36.7 Å². The number of nitrogens with zero attached hydrogens (tertiary/aromatic N) is 2. The van der Waals surface area contributed by atoms with E-state index in [1.54, 1.807) is 18.2 Å². The summed E-state index contributed by atoms with van der Waals surface area (Å²) in [5.74, 6) is -0.162. The molecule has 0 bridgehead atoms. The van der Waals surface area contributed by atoms with Crippen LogP contribution in [0.2, 0.25) is 0 Å². The van der Waals surface area contributed by atoms with E-state index in [1.165, 1.54) is 18.2 Å². The second kappa shape index (κ2) is 9.02. The zero-order chi connectivity index (χ0) is 16.5. The predicted molar refractivity (Wildman–Crippen MR) is 87.0 cm³/mol. The van der Waals surface area contributed by atoms with Crippen LogP contribution in [0.1, 0.15) is 12.0 Å². The Morgan fingerprint density at radius 2 is 2.00 bits per heavy atom. The number of amides is 1. The fraction of sp³-hybridized carbons (Fsp3) is 0.438. The SMILES string of the molecule is O=C(/C=C/c1ccc([N+](=O)[O-])cc1)NCCCN1CCOCC1. The molecule has 0 unspecified atom stereocenters. The van der Waals surface area contributed by atoms with Crippen LogP contribution < -0.4 is 5.32 Å². The van der Waals surface area contributed by atoms with Gasteiger partial charge >= 0.3 is 0 Å². The van der Waals surface area contributed by atoms with Crippen molar-refractivity contribution in [2.45, 2.75) is 6.42 Å². The van der Waals surface area contributed by atoms with E-state index in [1.807, 2.05) is 0 Å². The molecule has 1 N–H and O–H groups in total. The molecular formula is C16H21N3O4. The van der Waals surface area contributed by atoms with Crippen molar-refractivity contribution < 1.29 is 14.5 Å². The van der Waals surface area contributed by atoms with Crippen LogP contribution in [-0.2, 0) is 9.53 Å². The Labute approximate surface area is 135 Å². The van der Waals surface area contributed by atoms with E-state index >= 15 is 0 Å². The Morgan fingerprint density at radius 3 is 2.65 bits per heavy atom. The molecular weight excluding hydrogens is 298 g/mol. The highest BCUT2D eigenvalue weighted by Gasteiger charge is 2.09. The summed E-state index contributed by atoms with van der Waals surface area (Å²) in [6, 6.07) is 6.06. The van der Waals surface area contributed by atoms with Crippen molar-refractivity contribution in [3.05, 3.63) is 46.0 Å². The number of ether oxygens (including phenoxy) is 1. The number of morpholine rings is 1. The predicted octanol–water partition coefficient (Wildman–Crippen LogP) is 1.45. The smallest absolute Gasteiger partial charge is 0.269 e. The average Bonchev–Trinajstić information content (AvgIpc) is 2.58. The first-order chi connectivity index (χ1) is 11.1. The van der Waals surface area contributed by atoms with Crippen LogP contribution in [0.4, 0.5) is 5.69 Å². The number of hydrogen-bond donors (Lipinski definition) is 1. The van der Waals surface area contributed by atoms with Gasteiger partial charge in [-0.15, -0.1) is 0 Å². The lowest BCUT2D eigenvalue weighted by Crippen LogP contribution is -2.38. The van der Waals surface area contributed by atoms with E-state index in [9.17, 15) is 14.9 Å². The van der Waals surface area contributed by atoms with Crippen molar-refractivity contribution in [2.75, 3.05) is 39.4 Å². The molecule has 124 valence electrons. The number of nitro benzene ring substituents is 1. The van der Waals surface area contributed by atoms with Gasteiger partial charge < -0.3 is 10.1 Å². The van der Waals surface area contributed by atoms with Crippen molar-refractivity contribution in [3.8, 4) is 0 Å². The summed E-state index contributed by atoms with van der Waals surface area (Å²) in [6.45, 7) is 5.05. The standard InChI is InChI=1S/C16H21N3O4/c20-16(17-8-1-9-18-10-12-23-13-11-18)7-4-14-2-5-15(6-3-14)19(21)22/h2-7H,1,8-13H2,(H,17,20)/b7-4+. The van der Waals surface area contributed by atoms with E-state index in [-0.39, 0.29) is 11.6 Å². The minimum Gasteiger partial charge on any atom is -0.379 e. The van der Waals surface area contributed by atoms with E-state index in [0.29, 0.717) is 6.54 Å². The van der Waals surface area contributed by atoms with Gasteiger partial charge in [0.1, 0.15) is 0 Å². The summed E-state index contributed by atoms with van der Waals surface area (Å²) in [5.41, 5.74) is 0.786. The molecule has 1 aromatic carbocycles. The molecule has 1 amide bonds. The summed E-state index contributed by atoms with van der Waals surface area (Å²) < 4.78 is 5.28. The Kier molecular flexibility index (Phi) is 6.71. The van der Waals surface area contributed by atoms with Gasteiger partial charge in [0.25, 0.3) is 5.69 Å². The number of carbonyl (C=O) groups is 1. The Morgan fingerprint density at radius 1 is 1.30 bits per heavy atom. The Hall–Kier alpha value is -2.25. The minimum atomic E-state index is -0.450. The third-order valence-corrected chi connectivity index (χ3v) is 3.59. The summed E-state index contributed by atoms with van der Waals surface area (Å²) in [4.78, 5) is 24.1. The monoisotopic (exact) mass is 319 g/mol. The third kappa shape index (κ3) is 6.17. The van der Waals surface area contributed by atoms with Crippen molar-refractivity contribution in [3.63, 3.8) is 0 Å². The molecule has 0 saturated carbocycles. The first kappa shape index (κ1) is 17.1. The molecule has 0 spiro atoms. The Bertz CT molecular complexity index is 551. The normalized spacial score (nSPS) is 15.7. The van der Waals surface area contributed by atoms with Crippen LogP contribution in [0.5, 0.6) is 0 Å². The minimum absolute atomic E-state index is 0.0368. The molecule has 1 aliphatic rings. The topological polar surface area (TPSA) is 84.7 Å². The molecule has 0 atom stereocenters. The molecule has 1 heterocycles. The first-order valence-electron chi connectivity index (χ1n) is 7.65. The van der Waals surface area contributed by atoms with Gasteiger partial charge in [0.2, 0.25) is 5.91 Å². The number of nitro groups is 1. The average molecular weight is 319 g/mol. The van der Waals surface area contributed by atoms with E-state index in [0.717, 1.165) is 44.8 Å². The highest BCUT2D eigenvalue weighted by Crippen LogP contribution is 2.12. The van der Waals surface area contributed by atoms with Crippen molar-refractivity contribution in [1.82, 2.24) is 10.2 Å². The quantitative estimate of drug-likeness (QED) is 0.356. The summed E-state index contributed by atoms with van der Waals surface area (Å²) >= 11 is 0. The van der Waals surface area contributed by atoms with Crippen LogP contribution in [0, 0.1) is 10.1 Å². The van der Waals surface area contributed by atoms with Gasteiger partial charge in [-0.3, -0.25) is 19.8 Å². The molecule has 7 nitrogen and oxygen atoms in total. The van der Waals surface area contributed by atoms with Gasteiger partial charge in [0.15, 0.2) is 0 Å². The lowest BCUT2D eigenvalue weighted by atomic mass is 10.2. The zero-order valence-corrected chi connectivity index (χ0v) is 12.9. The molecule has 0 aromatic heterocycles. The van der Waals surface area contributed by atoms with E-state index in [4.69, 9.17) is 4.74 Å². The lowest BCUT2D eigenvalue weighted by molar-refractivity contribution is -0.384. The van der Waals surface area contributed by atoms with Crippen LogP contribution >= 0.6 is 0 Å². The first-order valence-corrected chi connectivity index (χ1v) is 7.65. The molecule has 23 heavy (non-hydrogen) atoms. The van der Waals surface area contributed by atoms with E-state index < -0.39 is 4.92 Å². The summed E-state index contributed by atoms with van der Waals surface area (Å²) in [7, 11) is 0. The molecule has 7 heteroatoms. The highest BCUT2D eigenvalue weighted by atomic mass is 16.6. The number of carbonyl (C=O) groups excluding carboxylic acids is 1. The number of rotatable bonds is 7. The second-order valence-corrected chi connectivity index (χ2v) is 5.28. The maximum atomic E-state index is 11.7. The molecule has 1 aliphatic heterocycles. The van der Waals surface area contributed by atoms with Crippen LogP contribution in [-0.4, -0.2) is 55.1 Å². The summed E-state index contributed by atoms with van der Waals surface area (Å²) in [6.07, 6.45) is 3.98. The van der Waals surface area contributed by atoms with E-state index in [2.05, 4.69) is 10.2 Å². The van der Waals surface area contributed by atoms with Crippen LogP contribution in [0.3, 0.4) is 0 Å². The lowest BCUT2D eigenvalue weighted by Gasteiger charge is -2.26. The maximum Gasteiger partial charge on any atom is 0.269 e. The molecule has 1 saturated heterocycles.